The van der Waals surface area contributed by atoms with Gasteiger partial charge in [-0.25, -0.2) is 14.1 Å². The molecule has 1 heterocycles. The van der Waals surface area contributed by atoms with E-state index in [4.69, 9.17) is 14.2 Å². The molecule has 1 saturated heterocycles. The molecule has 0 aliphatic carbocycles. The smallest absolute Gasteiger partial charge is 0.363 e. The lowest BCUT2D eigenvalue weighted by atomic mass is 9.80. The Morgan fingerprint density at radius 3 is 2.14 bits per heavy atom. The Bertz CT molecular complexity index is 1050. The van der Waals surface area contributed by atoms with Crippen LogP contribution in [0.1, 0.15) is 58.4 Å². The molecule has 37 heavy (non-hydrogen) atoms. The zero-order valence-electron chi connectivity index (χ0n) is 23.1. The van der Waals surface area contributed by atoms with Crippen molar-refractivity contribution in [3.8, 4) is 17.2 Å². The lowest BCUT2D eigenvalue weighted by Gasteiger charge is -2.47. The molecule has 0 spiro atoms. The highest BCUT2D eigenvalue weighted by Gasteiger charge is 2.55. The number of hydrogen-bond donors (Lipinski definition) is 1. The van der Waals surface area contributed by atoms with E-state index in [0.717, 1.165) is 36.9 Å². The van der Waals surface area contributed by atoms with Crippen LogP contribution in [0.3, 0.4) is 0 Å². The van der Waals surface area contributed by atoms with Gasteiger partial charge in [0.05, 0.1) is 34.3 Å². The summed E-state index contributed by atoms with van der Waals surface area (Å²) in [4.78, 5) is 26.8. The quantitative estimate of drug-likeness (QED) is 0.401. The summed E-state index contributed by atoms with van der Waals surface area (Å²) in [6.45, 7) is 6.60. The highest BCUT2D eigenvalue weighted by atomic mass is 16.5. The minimum absolute atomic E-state index is 0.0135. The van der Waals surface area contributed by atoms with E-state index >= 15 is 0 Å². The summed E-state index contributed by atoms with van der Waals surface area (Å²) in [6.07, 6.45) is 4.16. The van der Waals surface area contributed by atoms with Crippen LogP contribution in [0.25, 0.3) is 0 Å². The molecular formula is C30H42NO6+. The number of para-hydroxylation sites is 1. The third kappa shape index (κ3) is 6.27. The second kappa shape index (κ2) is 12.0. The molecule has 1 aliphatic heterocycles. The van der Waals surface area contributed by atoms with E-state index in [1.807, 2.05) is 63.2 Å². The van der Waals surface area contributed by atoms with Crippen molar-refractivity contribution in [3.05, 3.63) is 48.0 Å². The summed E-state index contributed by atoms with van der Waals surface area (Å²) < 4.78 is 16.3. The number of benzene rings is 2. The number of nitrogens with zero attached hydrogens (tertiary/aromatic N) is 1. The maximum Gasteiger partial charge on any atom is 0.363 e. The molecule has 0 bridgehead atoms. The Morgan fingerprint density at radius 1 is 1.00 bits per heavy atom. The molecule has 1 N–H and O–H groups in total. The first-order chi connectivity index (χ1) is 17.6. The van der Waals surface area contributed by atoms with Crippen molar-refractivity contribution in [2.45, 2.75) is 65.3 Å². The standard InChI is InChI=1S/C30H41NO6/c1-30(2,3)20-26(32)31(23-15-8-7-9-16-23)17-11-14-22(27(31)29(33)34)13-10-12-21-18-24(35-4)28(37-6)25(19-21)36-5/h7-9,15-16,18-19,22,27H,10-14,17,20H2,1-6H3/p+1. The van der Waals surface area contributed by atoms with Gasteiger partial charge in [-0.3, -0.25) is 0 Å². The highest BCUT2D eigenvalue weighted by Crippen LogP contribution is 2.42. The number of carboxylic acids is 1. The first-order valence-electron chi connectivity index (χ1n) is 13.1. The molecule has 1 fully saturated rings. The van der Waals surface area contributed by atoms with Gasteiger partial charge in [0.25, 0.3) is 0 Å². The van der Waals surface area contributed by atoms with E-state index in [1.165, 1.54) is 0 Å². The van der Waals surface area contributed by atoms with Gasteiger partial charge in [0.1, 0.15) is 5.69 Å². The fourth-order valence-electron chi connectivity index (χ4n) is 5.80. The van der Waals surface area contributed by atoms with Crippen LogP contribution < -0.4 is 18.7 Å². The van der Waals surface area contributed by atoms with Crippen LogP contribution in [0.2, 0.25) is 0 Å². The first kappa shape index (κ1) is 28.5. The molecule has 2 aromatic carbocycles. The Kier molecular flexibility index (Phi) is 9.24. The van der Waals surface area contributed by atoms with Gasteiger partial charge in [-0.1, -0.05) is 39.0 Å². The Balaban J connectivity index is 1.90. The molecule has 3 unspecified atom stereocenters. The highest BCUT2D eigenvalue weighted by molar-refractivity contribution is 5.95. The second-order valence-electron chi connectivity index (χ2n) is 11.2. The SMILES string of the molecule is COc1cc(CCCC2CCC[N+](C(=O)CC(C)(C)C)(c3ccccc3)C2C(=O)O)cc(OC)c1OC. The molecule has 0 radical (unpaired) electrons. The molecule has 3 atom stereocenters. The molecule has 0 aromatic heterocycles. The normalized spacial score (nSPS) is 21.8. The summed E-state index contributed by atoms with van der Waals surface area (Å²) in [7, 11) is 4.76. The molecule has 202 valence electrons. The Morgan fingerprint density at radius 2 is 1.62 bits per heavy atom. The summed E-state index contributed by atoms with van der Waals surface area (Å²) in [6, 6.07) is 12.6. The number of amides is 1. The van der Waals surface area contributed by atoms with Crippen molar-refractivity contribution in [2.75, 3.05) is 27.9 Å². The predicted octanol–water partition coefficient (Wildman–Crippen LogP) is 5.87. The minimum Gasteiger partial charge on any atom is -0.493 e. The summed E-state index contributed by atoms with van der Waals surface area (Å²) >= 11 is 0. The monoisotopic (exact) mass is 512 g/mol. The van der Waals surface area contributed by atoms with E-state index < -0.39 is 12.0 Å². The van der Waals surface area contributed by atoms with Crippen LogP contribution in [-0.4, -0.2) is 50.9 Å². The number of piperidine rings is 1. The number of carboxylic acid groups (broad SMARTS) is 1. The maximum absolute atomic E-state index is 14.0. The van der Waals surface area contributed by atoms with Gasteiger partial charge in [0.2, 0.25) is 11.8 Å². The average Bonchev–Trinajstić information content (AvgIpc) is 2.87. The van der Waals surface area contributed by atoms with Gasteiger partial charge >= 0.3 is 11.9 Å². The largest absolute Gasteiger partial charge is 0.493 e. The molecular weight excluding hydrogens is 470 g/mol. The minimum atomic E-state index is -0.899. The Labute approximate surface area is 220 Å². The van der Waals surface area contributed by atoms with E-state index in [2.05, 4.69) is 0 Å². The lowest BCUT2D eigenvalue weighted by molar-refractivity contribution is -0.155. The van der Waals surface area contributed by atoms with Gasteiger partial charge in [-0.05, 0) is 67.3 Å². The number of methoxy groups -OCH3 is 3. The predicted molar refractivity (Wildman–Crippen MR) is 145 cm³/mol. The number of quaternary nitrogens is 1. The third-order valence-corrected chi connectivity index (χ3v) is 7.37. The number of aliphatic carboxylic acids is 1. The van der Waals surface area contributed by atoms with Crippen molar-refractivity contribution < 1.29 is 28.9 Å². The van der Waals surface area contributed by atoms with Crippen LogP contribution in [0, 0.1) is 11.3 Å². The van der Waals surface area contributed by atoms with E-state index in [1.54, 1.807) is 21.3 Å². The molecule has 1 aliphatic rings. The van der Waals surface area contributed by atoms with Crippen molar-refractivity contribution in [3.63, 3.8) is 0 Å². The van der Waals surface area contributed by atoms with Crippen molar-refractivity contribution in [1.29, 1.82) is 0 Å². The van der Waals surface area contributed by atoms with Crippen LogP contribution in [0.15, 0.2) is 42.5 Å². The zero-order valence-corrected chi connectivity index (χ0v) is 23.1. The lowest BCUT2D eigenvalue weighted by Crippen LogP contribution is -2.69. The van der Waals surface area contributed by atoms with Gasteiger partial charge in [0.15, 0.2) is 11.5 Å². The Hall–Kier alpha value is -3.06. The molecule has 7 heteroatoms. The first-order valence-corrected chi connectivity index (χ1v) is 13.1. The molecule has 0 saturated carbocycles. The van der Waals surface area contributed by atoms with Crippen molar-refractivity contribution >= 4 is 17.6 Å². The van der Waals surface area contributed by atoms with Crippen LogP contribution >= 0.6 is 0 Å². The topological polar surface area (TPSA) is 82.1 Å². The number of aryl methyl sites for hydroxylation is 1. The number of hydrogen-bond acceptors (Lipinski definition) is 5. The number of carbonyl (C=O) groups excluding carboxylic acids is 1. The van der Waals surface area contributed by atoms with E-state index in [-0.39, 0.29) is 21.7 Å². The van der Waals surface area contributed by atoms with E-state index in [0.29, 0.717) is 36.6 Å². The molecule has 3 rings (SSSR count). The maximum atomic E-state index is 14.0. The van der Waals surface area contributed by atoms with Crippen molar-refractivity contribution in [1.82, 2.24) is 4.48 Å². The summed E-state index contributed by atoms with van der Waals surface area (Å²) in [5.41, 5.74) is 1.57. The number of rotatable bonds is 10. The summed E-state index contributed by atoms with van der Waals surface area (Å²) in [5, 5.41) is 10.5. The third-order valence-electron chi connectivity index (χ3n) is 7.37. The van der Waals surface area contributed by atoms with Crippen LogP contribution in [0.4, 0.5) is 5.69 Å². The van der Waals surface area contributed by atoms with Crippen LogP contribution in [-0.2, 0) is 16.0 Å². The number of carbonyl (C=O) groups is 2. The fourth-order valence-corrected chi connectivity index (χ4v) is 5.80. The molecule has 1 amide bonds. The van der Waals surface area contributed by atoms with Gasteiger partial charge < -0.3 is 19.3 Å². The van der Waals surface area contributed by atoms with Crippen molar-refractivity contribution in [2.24, 2.45) is 11.3 Å². The summed E-state index contributed by atoms with van der Waals surface area (Å²) in [5.74, 6) is 0.728. The van der Waals surface area contributed by atoms with Crippen LogP contribution in [0.5, 0.6) is 17.2 Å². The fraction of sp³-hybridized carbons (Fsp3) is 0.533. The molecule has 7 nitrogen and oxygen atoms in total. The van der Waals surface area contributed by atoms with Gasteiger partial charge in [0, 0.05) is 5.92 Å². The molecule has 2 aromatic rings. The zero-order chi connectivity index (χ0) is 27.2. The van der Waals surface area contributed by atoms with Gasteiger partial charge in [-0.2, -0.15) is 0 Å². The second-order valence-corrected chi connectivity index (χ2v) is 11.2. The average molecular weight is 513 g/mol. The number of likely N-dealkylation sites (tertiary alicyclic amines) is 1. The number of ether oxygens (including phenoxy) is 3. The van der Waals surface area contributed by atoms with E-state index in [9.17, 15) is 14.7 Å². The van der Waals surface area contributed by atoms with Gasteiger partial charge in [-0.15, -0.1) is 0 Å².